The first-order chi connectivity index (χ1) is 5.04. The summed E-state index contributed by atoms with van der Waals surface area (Å²) < 4.78 is 33.6. The Balaban J connectivity index is 0. The molecule has 0 radical (unpaired) electrons. The third kappa shape index (κ3) is 9.00. The smallest absolute Gasteiger partial charge is 0.310 e. The highest BCUT2D eigenvalue weighted by Gasteiger charge is 2.08. The number of aliphatic carboxylic acids is 1. The van der Waals surface area contributed by atoms with Crippen molar-refractivity contribution in [1.82, 2.24) is 0 Å². The van der Waals surface area contributed by atoms with E-state index in [4.69, 9.17) is 5.11 Å². The molecule has 0 fully saturated rings. The molecule has 0 aliphatic carbocycles. The lowest BCUT2D eigenvalue weighted by atomic mass is 10.4. The van der Waals surface area contributed by atoms with Crippen LogP contribution in [-0.2, 0) is 4.79 Å². The molecule has 0 aromatic carbocycles. The van der Waals surface area contributed by atoms with Crippen LogP contribution in [0.1, 0.15) is 20.3 Å². The third-order valence-corrected chi connectivity index (χ3v) is 0.511. The lowest BCUT2D eigenvalue weighted by molar-refractivity contribution is -0.136. The van der Waals surface area contributed by atoms with E-state index >= 15 is 0 Å². The number of hydrogen-bond acceptors (Lipinski definition) is 1. The minimum absolute atomic E-state index is 1.25. The Morgan fingerprint density at radius 1 is 1.27 bits per heavy atom. The zero-order valence-corrected chi connectivity index (χ0v) is 6.20. The molecule has 0 aromatic heterocycles. The number of carboxylic acids is 1. The molecule has 0 unspecified atom stereocenters. The predicted molar refractivity (Wildman–Crippen MR) is 34.0 cm³/mol. The third-order valence-electron chi connectivity index (χ3n) is 0.511. The number of rotatable bonds is 2. The Hall–Kier alpha value is -1.00. The van der Waals surface area contributed by atoms with Crippen molar-refractivity contribution in [2.24, 2.45) is 0 Å². The van der Waals surface area contributed by atoms with Crippen molar-refractivity contribution in [1.29, 1.82) is 0 Å². The maximum Gasteiger partial charge on any atom is 0.310 e. The summed E-state index contributed by atoms with van der Waals surface area (Å²) in [5, 5.41) is 7.73. The van der Waals surface area contributed by atoms with Crippen molar-refractivity contribution in [2.45, 2.75) is 20.3 Å². The van der Waals surface area contributed by atoms with E-state index in [2.05, 4.69) is 0 Å². The van der Waals surface area contributed by atoms with Gasteiger partial charge >= 0.3 is 12.0 Å². The summed E-state index contributed by atoms with van der Waals surface area (Å²) in [6.07, 6.45) is -3.82. The molecule has 1 N–H and O–H groups in total. The molecule has 0 aliphatic heterocycles. The SMILES string of the molecule is CC.O=C(O)CC(F)=C(F)F. The molecule has 11 heavy (non-hydrogen) atoms. The van der Waals surface area contributed by atoms with Gasteiger partial charge in [-0.15, -0.1) is 0 Å². The molecule has 0 heterocycles. The molecule has 0 bridgehead atoms. The van der Waals surface area contributed by atoms with Gasteiger partial charge in [0.25, 0.3) is 0 Å². The highest BCUT2D eigenvalue weighted by atomic mass is 19.3. The monoisotopic (exact) mass is 170 g/mol. The van der Waals surface area contributed by atoms with Crippen LogP contribution in [-0.4, -0.2) is 11.1 Å². The topological polar surface area (TPSA) is 37.3 Å². The van der Waals surface area contributed by atoms with Crippen molar-refractivity contribution in [3.63, 3.8) is 0 Å². The van der Waals surface area contributed by atoms with Crippen LogP contribution in [0.2, 0.25) is 0 Å². The molecule has 0 rings (SSSR count). The van der Waals surface area contributed by atoms with Gasteiger partial charge < -0.3 is 5.11 Å². The summed E-state index contributed by atoms with van der Waals surface area (Å²) in [7, 11) is 0. The minimum Gasteiger partial charge on any atom is -0.481 e. The first-order valence-electron chi connectivity index (χ1n) is 2.95. The van der Waals surface area contributed by atoms with Gasteiger partial charge in [-0.25, -0.2) is 4.39 Å². The van der Waals surface area contributed by atoms with E-state index in [1.807, 2.05) is 13.8 Å². The molecule has 0 amide bonds. The Kier molecular flexibility index (Phi) is 8.18. The van der Waals surface area contributed by atoms with Gasteiger partial charge in [0.2, 0.25) is 0 Å². The summed E-state index contributed by atoms with van der Waals surface area (Å²) in [4.78, 5) is 9.51. The van der Waals surface area contributed by atoms with Gasteiger partial charge in [0, 0.05) is 0 Å². The van der Waals surface area contributed by atoms with E-state index in [9.17, 15) is 18.0 Å². The Bertz CT molecular complexity index is 150. The van der Waals surface area contributed by atoms with E-state index in [0.717, 1.165) is 0 Å². The fourth-order valence-electron chi connectivity index (χ4n) is 0.200. The van der Waals surface area contributed by atoms with Crippen LogP contribution in [0.4, 0.5) is 13.2 Å². The standard InChI is InChI=1S/C4H3F3O2.C2H6/c5-2(4(6)7)1-3(8)9;1-2/h1H2,(H,8,9);1-2H3. The molecule has 0 spiro atoms. The molecule has 5 heteroatoms. The molecular weight excluding hydrogens is 161 g/mol. The van der Waals surface area contributed by atoms with Crippen LogP contribution >= 0.6 is 0 Å². The van der Waals surface area contributed by atoms with Crippen molar-refractivity contribution in [2.75, 3.05) is 0 Å². The van der Waals surface area contributed by atoms with E-state index in [0.29, 0.717) is 0 Å². The average molecular weight is 170 g/mol. The maximum absolute atomic E-state index is 11.5. The van der Waals surface area contributed by atoms with Gasteiger partial charge in [-0.2, -0.15) is 8.78 Å². The zero-order valence-electron chi connectivity index (χ0n) is 6.20. The Morgan fingerprint density at radius 3 is 1.73 bits per heavy atom. The van der Waals surface area contributed by atoms with Crippen molar-refractivity contribution < 1.29 is 23.1 Å². The van der Waals surface area contributed by atoms with Gasteiger partial charge in [-0.05, 0) is 0 Å². The molecule has 0 aromatic rings. The van der Waals surface area contributed by atoms with Gasteiger partial charge in [0.15, 0.2) is 5.83 Å². The van der Waals surface area contributed by atoms with Crippen molar-refractivity contribution >= 4 is 5.97 Å². The number of carboxylic acid groups (broad SMARTS) is 1. The highest BCUT2D eigenvalue weighted by Crippen LogP contribution is 2.11. The number of carbonyl (C=O) groups is 1. The maximum atomic E-state index is 11.5. The van der Waals surface area contributed by atoms with E-state index in [1.54, 1.807) is 0 Å². The lowest BCUT2D eigenvalue weighted by Crippen LogP contribution is -1.94. The second kappa shape index (κ2) is 7.11. The number of halogens is 3. The van der Waals surface area contributed by atoms with Gasteiger partial charge in [-0.1, -0.05) is 13.8 Å². The summed E-state index contributed by atoms with van der Waals surface area (Å²) in [5.41, 5.74) is 0. The first kappa shape index (κ1) is 12.7. The second-order valence-electron chi connectivity index (χ2n) is 1.24. The van der Waals surface area contributed by atoms with Crippen LogP contribution in [0.3, 0.4) is 0 Å². The average Bonchev–Trinajstić information content (AvgIpc) is 1.90. The Labute approximate surface area is 62.3 Å². The molecule has 0 atom stereocenters. The van der Waals surface area contributed by atoms with Crippen LogP contribution in [0.5, 0.6) is 0 Å². The molecule has 66 valence electrons. The molecule has 2 nitrogen and oxygen atoms in total. The second-order valence-corrected chi connectivity index (χ2v) is 1.24. The van der Waals surface area contributed by atoms with Crippen LogP contribution < -0.4 is 0 Å². The summed E-state index contributed by atoms with van der Waals surface area (Å²) >= 11 is 0. The fourth-order valence-corrected chi connectivity index (χ4v) is 0.200. The lowest BCUT2D eigenvalue weighted by Gasteiger charge is -1.86. The van der Waals surface area contributed by atoms with Crippen molar-refractivity contribution in [3.8, 4) is 0 Å². The quantitative estimate of drug-likeness (QED) is 0.691. The molecule has 0 saturated heterocycles. The first-order valence-corrected chi connectivity index (χ1v) is 2.95. The fraction of sp³-hybridized carbons (Fsp3) is 0.500. The van der Waals surface area contributed by atoms with E-state index in [-0.39, 0.29) is 0 Å². The van der Waals surface area contributed by atoms with E-state index in [1.165, 1.54) is 0 Å². The van der Waals surface area contributed by atoms with Crippen molar-refractivity contribution in [3.05, 3.63) is 11.9 Å². The van der Waals surface area contributed by atoms with Crippen LogP contribution in [0.25, 0.3) is 0 Å². The molecule has 0 aliphatic rings. The largest absolute Gasteiger partial charge is 0.481 e. The number of hydrogen-bond donors (Lipinski definition) is 1. The van der Waals surface area contributed by atoms with Crippen LogP contribution in [0.15, 0.2) is 11.9 Å². The summed E-state index contributed by atoms with van der Waals surface area (Å²) in [6, 6.07) is 0. The van der Waals surface area contributed by atoms with Gasteiger partial charge in [0.1, 0.15) is 6.42 Å². The predicted octanol–water partition coefficient (Wildman–Crippen LogP) is 2.56. The normalized spacial score (nSPS) is 7.73. The van der Waals surface area contributed by atoms with E-state index < -0.39 is 24.3 Å². The zero-order chi connectivity index (χ0) is 9.44. The molecular formula is C6H9F3O2. The Morgan fingerprint density at radius 2 is 1.64 bits per heavy atom. The van der Waals surface area contributed by atoms with Crippen LogP contribution in [0, 0.1) is 0 Å². The summed E-state index contributed by atoms with van der Waals surface area (Å²) in [6.45, 7) is 4.00. The van der Waals surface area contributed by atoms with Gasteiger partial charge in [-0.3, -0.25) is 4.79 Å². The van der Waals surface area contributed by atoms with Gasteiger partial charge in [0.05, 0.1) is 0 Å². The summed E-state index contributed by atoms with van der Waals surface area (Å²) in [5.74, 6) is -3.50. The molecule has 0 saturated carbocycles. The minimum atomic E-state index is -2.57. The highest BCUT2D eigenvalue weighted by molar-refractivity contribution is 5.69.